The molecular weight excluding hydrogens is 208 g/mol. The molecule has 0 saturated heterocycles. The Balaban J connectivity index is 4.70. The summed E-state index contributed by atoms with van der Waals surface area (Å²) >= 11 is 3.37. The molecule has 0 spiro atoms. The molecule has 0 amide bonds. The first-order chi connectivity index (χ1) is 6.36. The quantitative estimate of drug-likeness (QED) is 0.467. The second kappa shape index (κ2) is 5.33. The third-order valence-corrected chi connectivity index (χ3v) is 2.36. The van der Waals surface area contributed by atoms with Crippen LogP contribution in [0, 0.1) is 0 Å². The van der Waals surface area contributed by atoms with Gasteiger partial charge in [0.25, 0.3) is 0 Å². The van der Waals surface area contributed by atoms with Crippen molar-refractivity contribution < 1.29 is 24.9 Å². The van der Waals surface area contributed by atoms with Crippen LogP contribution in [0.4, 0.5) is 0 Å². The van der Waals surface area contributed by atoms with Crippen LogP contribution in [0.3, 0.4) is 0 Å². The highest BCUT2D eigenvalue weighted by atomic mass is 32.1. The molecule has 0 aromatic rings. The van der Waals surface area contributed by atoms with E-state index in [9.17, 15) is 14.7 Å². The van der Waals surface area contributed by atoms with E-state index in [1.807, 2.05) is 6.92 Å². The van der Waals surface area contributed by atoms with Crippen LogP contribution in [0.15, 0.2) is 0 Å². The Kier molecular flexibility index (Phi) is 5.11. The molecule has 0 heterocycles. The minimum atomic E-state index is -2.29. The number of carbonyl (C=O) groups is 2. The van der Waals surface area contributed by atoms with Gasteiger partial charge >= 0.3 is 5.97 Å². The Morgan fingerprint density at radius 2 is 2.00 bits per heavy atom. The van der Waals surface area contributed by atoms with Gasteiger partial charge in [-0.1, -0.05) is 19.8 Å². The maximum Gasteiger partial charge on any atom is 0.336 e. The number of hydrogen-bond donors (Lipinski definition) is 4. The number of aliphatic hydroxyl groups is 2. The van der Waals surface area contributed by atoms with Crippen LogP contribution < -0.4 is 0 Å². The number of aliphatic carboxylic acids is 1. The Morgan fingerprint density at radius 3 is 2.29 bits per heavy atom. The molecular formula is C8H14O5S. The Morgan fingerprint density at radius 1 is 1.50 bits per heavy atom. The molecule has 6 heteroatoms. The van der Waals surface area contributed by atoms with Crippen molar-refractivity contribution in [2.75, 3.05) is 0 Å². The van der Waals surface area contributed by atoms with Gasteiger partial charge in [0.15, 0.2) is 11.7 Å². The molecule has 82 valence electrons. The fourth-order valence-corrected chi connectivity index (χ4v) is 1.25. The summed E-state index contributed by atoms with van der Waals surface area (Å²) in [5.74, 6) is -1.63. The summed E-state index contributed by atoms with van der Waals surface area (Å²) in [4.78, 5) is 21.3. The Labute approximate surface area is 87.2 Å². The molecule has 2 atom stereocenters. The van der Waals surface area contributed by atoms with Gasteiger partial charge in [0, 0.05) is 0 Å². The van der Waals surface area contributed by atoms with Gasteiger partial charge in [0.1, 0.15) is 0 Å². The van der Waals surface area contributed by atoms with E-state index in [-0.39, 0.29) is 6.42 Å². The van der Waals surface area contributed by atoms with Crippen molar-refractivity contribution in [3.63, 3.8) is 0 Å². The summed E-state index contributed by atoms with van der Waals surface area (Å²) < 4.78 is 0. The van der Waals surface area contributed by atoms with E-state index in [4.69, 9.17) is 10.2 Å². The summed E-state index contributed by atoms with van der Waals surface area (Å²) in [6, 6.07) is 0. The average molecular weight is 222 g/mol. The van der Waals surface area contributed by atoms with Gasteiger partial charge < -0.3 is 15.3 Å². The van der Waals surface area contributed by atoms with E-state index in [2.05, 4.69) is 12.6 Å². The zero-order valence-electron chi connectivity index (χ0n) is 7.80. The molecule has 0 bridgehead atoms. The van der Waals surface area contributed by atoms with Gasteiger partial charge in [-0.3, -0.25) is 4.79 Å². The molecule has 0 aliphatic rings. The number of carbonyl (C=O) groups excluding carboxylic acids is 1. The SMILES string of the molecule is CCCCC(O)(C(=O)S)C(O)C(=O)O. The molecule has 0 aromatic heterocycles. The molecule has 0 aromatic carbocycles. The minimum Gasteiger partial charge on any atom is -0.479 e. The van der Waals surface area contributed by atoms with Crippen molar-refractivity contribution in [1.29, 1.82) is 0 Å². The van der Waals surface area contributed by atoms with E-state index in [0.717, 1.165) is 0 Å². The maximum atomic E-state index is 10.9. The summed E-state index contributed by atoms with van der Waals surface area (Å²) in [5, 5.41) is 26.2. The van der Waals surface area contributed by atoms with Crippen LogP contribution in [-0.2, 0) is 9.59 Å². The van der Waals surface area contributed by atoms with Gasteiger partial charge in [-0.15, -0.1) is 12.6 Å². The average Bonchev–Trinajstić information content (AvgIpc) is 2.12. The Hall–Kier alpha value is -0.590. The zero-order valence-corrected chi connectivity index (χ0v) is 8.70. The highest BCUT2D eigenvalue weighted by molar-refractivity contribution is 7.96. The highest BCUT2D eigenvalue weighted by Crippen LogP contribution is 2.22. The number of thiol groups is 1. The second-order valence-electron chi connectivity index (χ2n) is 3.07. The van der Waals surface area contributed by atoms with E-state index >= 15 is 0 Å². The number of aliphatic hydroxyl groups excluding tert-OH is 1. The number of unbranched alkanes of at least 4 members (excludes halogenated alkanes) is 1. The molecule has 14 heavy (non-hydrogen) atoms. The summed E-state index contributed by atoms with van der Waals surface area (Å²) in [7, 11) is 0. The summed E-state index contributed by atoms with van der Waals surface area (Å²) in [6.07, 6.45) is -1.12. The molecule has 0 saturated carbocycles. The first-order valence-corrected chi connectivity index (χ1v) is 4.67. The van der Waals surface area contributed by atoms with Crippen LogP contribution in [0.5, 0.6) is 0 Å². The van der Waals surface area contributed by atoms with Gasteiger partial charge in [-0.05, 0) is 6.42 Å². The van der Waals surface area contributed by atoms with E-state index in [1.54, 1.807) is 0 Å². The number of carboxylic acids is 1. The van der Waals surface area contributed by atoms with Crippen molar-refractivity contribution in [3.8, 4) is 0 Å². The lowest BCUT2D eigenvalue weighted by Gasteiger charge is -2.26. The smallest absolute Gasteiger partial charge is 0.336 e. The van der Waals surface area contributed by atoms with Gasteiger partial charge in [0.2, 0.25) is 5.12 Å². The predicted molar refractivity (Wildman–Crippen MR) is 52.1 cm³/mol. The summed E-state index contributed by atoms with van der Waals surface area (Å²) in [5.41, 5.74) is -2.29. The monoisotopic (exact) mass is 222 g/mol. The second-order valence-corrected chi connectivity index (χ2v) is 3.48. The molecule has 3 N–H and O–H groups in total. The van der Waals surface area contributed by atoms with Crippen molar-refractivity contribution in [2.45, 2.75) is 37.9 Å². The normalized spacial score (nSPS) is 17.1. The van der Waals surface area contributed by atoms with Crippen LogP contribution >= 0.6 is 12.6 Å². The molecule has 0 radical (unpaired) electrons. The lowest BCUT2D eigenvalue weighted by atomic mass is 9.92. The first-order valence-electron chi connectivity index (χ1n) is 4.23. The van der Waals surface area contributed by atoms with Crippen molar-refractivity contribution in [1.82, 2.24) is 0 Å². The molecule has 0 rings (SSSR count). The number of hydrogen-bond acceptors (Lipinski definition) is 4. The predicted octanol–water partition coefficient (Wildman–Crippen LogP) is -0.190. The Bertz CT molecular complexity index is 230. The van der Waals surface area contributed by atoms with E-state index < -0.39 is 22.8 Å². The van der Waals surface area contributed by atoms with Gasteiger partial charge in [0.05, 0.1) is 0 Å². The third kappa shape index (κ3) is 2.97. The lowest BCUT2D eigenvalue weighted by molar-refractivity contribution is -0.168. The zero-order chi connectivity index (χ0) is 11.4. The van der Waals surface area contributed by atoms with E-state index in [1.165, 1.54) is 0 Å². The third-order valence-electron chi connectivity index (χ3n) is 1.97. The first kappa shape index (κ1) is 13.4. The van der Waals surface area contributed by atoms with Crippen molar-refractivity contribution in [3.05, 3.63) is 0 Å². The fraction of sp³-hybridized carbons (Fsp3) is 0.750. The van der Waals surface area contributed by atoms with Gasteiger partial charge in [-0.25, -0.2) is 4.79 Å². The molecule has 5 nitrogen and oxygen atoms in total. The molecule has 0 aliphatic carbocycles. The van der Waals surface area contributed by atoms with Crippen LogP contribution in [0.25, 0.3) is 0 Å². The van der Waals surface area contributed by atoms with Crippen LogP contribution in [0.2, 0.25) is 0 Å². The topological polar surface area (TPSA) is 94.8 Å². The van der Waals surface area contributed by atoms with Gasteiger partial charge in [-0.2, -0.15) is 0 Å². The minimum absolute atomic E-state index is 0.112. The highest BCUT2D eigenvalue weighted by Gasteiger charge is 2.44. The maximum absolute atomic E-state index is 10.9. The number of rotatable bonds is 6. The lowest BCUT2D eigenvalue weighted by Crippen LogP contribution is -2.51. The standard InChI is InChI=1S/C8H14O5S/c1-2-3-4-8(13,7(12)14)5(9)6(10)11/h5,9,13H,2-4H2,1H3,(H,10,11)(H,12,14). The largest absolute Gasteiger partial charge is 0.479 e. The van der Waals surface area contributed by atoms with Crippen LogP contribution in [-0.4, -0.2) is 38.1 Å². The molecule has 0 aliphatic heterocycles. The molecule has 2 unspecified atom stereocenters. The fourth-order valence-electron chi connectivity index (χ4n) is 1.01. The van der Waals surface area contributed by atoms with Crippen molar-refractivity contribution in [2.24, 2.45) is 0 Å². The van der Waals surface area contributed by atoms with Crippen molar-refractivity contribution >= 4 is 23.7 Å². The molecule has 0 fully saturated rings. The number of carboxylic acid groups (broad SMARTS) is 1. The van der Waals surface area contributed by atoms with Crippen LogP contribution in [0.1, 0.15) is 26.2 Å². The summed E-state index contributed by atoms with van der Waals surface area (Å²) in [6.45, 7) is 1.82. The van der Waals surface area contributed by atoms with E-state index in [0.29, 0.717) is 12.8 Å².